The van der Waals surface area contributed by atoms with Crippen LogP contribution < -0.4 is 5.32 Å². The molecule has 124 valence electrons. The van der Waals surface area contributed by atoms with Gasteiger partial charge in [0.15, 0.2) is 0 Å². The van der Waals surface area contributed by atoms with Gasteiger partial charge in [-0.25, -0.2) is 0 Å². The number of anilines is 1. The summed E-state index contributed by atoms with van der Waals surface area (Å²) >= 11 is 1.50. The summed E-state index contributed by atoms with van der Waals surface area (Å²) in [6.07, 6.45) is 5.11. The lowest BCUT2D eigenvalue weighted by Gasteiger charge is -2.16. The molecule has 1 aliphatic carbocycles. The average Bonchev–Trinajstić information content (AvgIpc) is 2.89. The highest BCUT2D eigenvalue weighted by molar-refractivity contribution is 7.12. The van der Waals surface area contributed by atoms with Gasteiger partial charge >= 0.3 is 0 Å². The zero-order valence-corrected chi connectivity index (χ0v) is 14.3. The number of aryl methyl sites for hydroxylation is 1. The van der Waals surface area contributed by atoms with Gasteiger partial charge in [0, 0.05) is 30.6 Å². The van der Waals surface area contributed by atoms with Gasteiger partial charge in [0.05, 0.1) is 16.8 Å². The van der Waals surface area contributed by atoms with Crippen LogP contribution in [0.3, 0.4) is 0 Å². The fourth-order valence-electron chi connectivity index (χ4n) is 3.64. The quantitative estimate of drug-likeness (QED) is 0.934. The molecule has 1 saturated carbocycles. The summed E-state index contributed by atoms with van der Waals surface area (Å²) in [4.78, 5) is 31.8. The third-order valence-electron chi connectivity index (χ3n) is 5.16. The first-order chi connectivity index (χ1) is 11.6. The van der Waals surface area contributed by atoms with E-state index in [2.05, 4.69) is 10.3 Å². The largest absolute Gasteiger partial charge is 0.337 e. The van der Waals surface area contributed by atoms with Gasteiger partial charge in [0.25, 0.3) is 5.91 Å². The van der Waals surface area contributed by atoms with Gasteiger partial charge in [-0.2, -0.15) is 0 Å². The van der Waals surface area contributed by atoms with Gasteiger partial charge in [-0.3, -0.25) is 14.6 Å². The molecule has 0 aromatic carbocycles. The predicted octanol–water partition coefficient (Wildman–Crippen LogP) is 2.94. The van der Waals surface area contributed by atoms with Crippen molar-refractivity contribution in [3.05, 3.63) is 46.4 Å². The van der Waals surface area contributed by atoms with E-state index in [4.69, 9.17) is 0 Å². The molecule has 0 bridgehead atoms. The molecule has 1 saturated heterocycles. The predicted molar refractivity (Wildman–Crippen MR) is 93.0 cm³/mol. The van der Waals surface area contributed by atoms with Gasteiger partial charge in [0.1, 0.15) is 0 Å². The van der Waals surface area contributed by atoms with Crippen molar-refractivity contribution in [1.29, 1.82) is 0 Å². The molecule has 2 aromatic heterocycles. The van der Waals surface area contributed by atoms with E-state index in [0.29, 0.717) is 6.54 Å². The Balaban J connectivity index is 1.40. The van der Waals surface area contributed by atoms with E-state index in [-0.39, 0.29) is 23.1 Å². The smallest absolute Gasteiger partial charge is 0.264 e. The summed E-state index contributed by atoms with van der Waals surface area (Å²) in [5.74, 6) is 0.155. The van der Waals surface area contributed by atoms with Crippen LogP contribution in [-0.4, -0.2) is 34.8 Å². The maximum atomic E-state index is 12.6. The second-order valence-electron chi connectivity index (χ2n) is 6.76. The van der Waals surface area contributed by atoms with Crippen LogP contribution in [0.4, 0.5) is 5.69 Å². The summed E-state index contributed by atoms with van der Waals surface area (Å²) in [6, 6.07) is 5.62. The van der Waals surface area contributed by atoms with Gasteiger partial charge in [-0.1, -0.05) is 0 Å². The molecule has 4 rings (SSSR count). The van der Waals surface area contributed by atoms with Crippen molar-refractivity contribution in [3.63, 3.8) is 0 Å². The van der Waals surface area contributed by atoms with Gasteiger partial charge in [0.2, 0.25) is 5.91 Å². The summed E-state index contributed by atoms with van der Waals surface area (Å²) in [5, 5.41) is 4.89. The Kier molecular flexibility index (Phi) is 3.64. The normalized spacial score (nSPS) is 25.0. The Labute approximate surface area is 144 Å². The van der Waals surface area contributed by atoms with E-state index in [1.54, 1.807) is 18.5 Å². The number of pyridine rings is 1. The standard InChI is InChI=1S/C18H19N3O2S/c1-12-4-8-24-15(12)17(23)21-7-5-18(11-21)9-14(18)16(22)20-13-3-2-6-19-10-13/h2-4,6,8,10,14H,5,7,9,11H2,1H3,(H,20,22)/t14-,18-/m0/s1. The number of hydrogen-bond acceptors (Lipinski definition) is 4. The molecule has 24 heavy (non-hydrogen) atoms. The minimum atomic E-state index is -0.0207. The number of likely N-dealkylation sites (tertiary alicyclic amines) is 1. The number of carbonyl (C=O) groups is 2. The maximum absolute atomic E-state index is 12.6. The molecule has 0 unspecified atom stereocenters. The number of rotatable bonds is 3. The van der Waals surface area contributed by atoms with Crippen molar-refractivity contribution in [2.24, 2.45) is 11.3 Å². The lowest BCUT2D eigenvalue weighted by atomic mass is 10.0. The third-order valence-corrected chi connectivity index (χ3v) is 6.17. The van der Waals surface area contributed by atoms with Gasteiger partial charge < -0.3 is 10.2 Å². The third kappa shape index (κ3) is 2.60. The van der Waals surface area contributed by atoms with Gasteiger partial charge in [-0.05, 0) is 48.9 Å². The number of carbonyl (C=O) groups excluding carboxylic acids is 2. The highest BCUT2D eigenvalue weighted by atomic mass is 32.1. The van der Waals surface area contributed by atoms with Crippen LogP contribution in [0.2, 0.25) is 0 Å². The van der Waals surface area contributed by atoms with Crippen LogP contribution in [0.25, 0.3) is 0 Å². The molecule has 2 amide bonds. The Hall–Kier alpha value is -2.21. The van der Waals surface area contributed by atoms with Gasteiger partial charge in [-0.15, -0.1) is 11.3 Å². The van der Waals surface area contributed by atoms with Crippen LogP contribution >= 0.6 is 11.3 Å². The van der Waals surface area contributed by atoms with Crippen LogP contribution in [0.1, 0.15) is 28.1 Å². The van der Waals surface area contributed by atoms with Crippen LogP contribution in [0, 0.1) is 18.3 Å². The monoisotopic (exact) mass is 341 g/mol. The Morgan fingerprint density at radius 1 is 1.42 bits per heavy atom. The number of thiophene rings is 1. The number of amides is 2. The second-order valence-corrected chi connectivity index (χ2v) is 7.68. The average molecular weight is 341 g/mol. The molecule has 2 atom stereocenters. The van der Waals surface area contributed by atoms with E-state index >= 15 is 0 Å². The van der Waals surface area contributed by atoms with E-state index in [9.17, 15) is 9.59 Å². The Morgan fingerprint density at radius 2 is 2.29 bits per heavy atom. The fraction of sp³-hybridized carbons (Fsp3) is 0.389. The highest BCUT2D eigenvalue weighted by Crippen LogP contribution is 2.59. The van der Waals surface area contributed by atoms with Crippen molar-refractivity contribution in [2.45, 2.75) is 19.8 Å². The van der Waals surface area contributed by atoms with E-state index in [1.807, 2.05) is 29.3 Å². The van der Waals surface area contributed by atoms with Crippen molar-refractivity contribution in [3.8, 4) is 0 Å². The number of nitrogens with one attached hydrogen (secondary N) is 1. The van der Waals surface area contributed by atoms with Crippen LogP contribution in [-0.2, 0) is 4.79 Å². The molecular weight excluding hydrogens is 322 g/mol. The number of hydrogen-bond donors (Lipinski definition) is 1. The molecule has 2 aromatic rings. The Bertz CT molecular complexity index is 789. The summed E-state index contributed by atoms with van der Waals surface area (Å²) in [6.45, 7) is 3.40. The Morgan fingerprint density at radius 3 is 3.00 bits per heavy atom. The highest BCUT2D eigenvalue weighted by Gasteiger charge is 2.61. The summed E-state index contributed by atoms with van der Waals surface area (Å²) in [7, 11) is 0. The summed E-state index contributed by atoms with van der Waals surface area (Å²) < 4.78 is 0. The van der Waals surface area contributed by atoms with Crippen LogP contribution in [0.15, 0.2) is 36.0 Å². The number of nitrogens with zero attached hydrogens (tertiary/aromatic N) is 2. The van der Waals surface area contributed by atoms with E-state index in [0.717, 1.165) is 35.5 Å². The SMILES string of the molecule is Cc1ccsc1C(=O)N1CC[C@]2(C[C@H]2C(=O)Nc2cccnc2)C1. The molecule has 1 spiro atoms. The van der Waals surface area contributed by atoms with Crippen molar-refractivity contribution >= 4 is 28.8 Å². The molecule has 2 fully saturated rings. The lowest BCUT2D eigenvalue weighted by molar-refractivity contribution is -0.118. The van der Waals surface area contributed by atoms with Crippen molar-refractivity contribution < 1.29 is 9.59 Å². The zero-order valence-electron chi connectivity index (χ0n) is 13.5. The van der Waals surface area contributed by atoms with E-state index < -0.39 is 0 Å². The maximum Gasteiger partial charge on any atom is 0.264 e. The molecule has 6 heteroatoms. The molecule has 2 aliphatic rings. The molecule has 0 radical (unpaired) electrons. The summed E-state index contributed by atoms with van der Waals surface area (Å²) in [5.41, 5.74) is 1.74. The van der Waals surface area contributed by atoms with Crippen LogP contribution in [0.5, 0.6) is 0 Å². The fourth-order valence-corrected chi connectivity index (χ4v) is 4.53. The first-order valence-electron chi connectivity index (χ1n) is 8.13. The minimum absolute atomic E-state index is 0.0000567. The molecule has 5 nitrogen and oxygen atoms in total. The minimum Gasteiger partial charge on any atom is -0.337 e. The molecule has 1 N–H and O–H groups in total. The van der Waals surface area contributed by atoms with E-state index in [1.165, 1.54) is 11.3 Å². The topological polar surface area (TPSA) is 62.3 Å². The molecule has 1 aliphatic heterocycles. The first-order valence-corrected chi connectivity index (χ1v) is 9.01. The van der Waals surface area contributed by atoms with Crippen molar-refractivity contribution in [1.82, 2.24) is 9.88 Å². The lowest BCUT2D eigenvalue weighted by Crippen LogP contribution is -2.29. The first kappa shape index (κ1) is 15.3. The molecule has 3 heterocycles. The second kappa shape index (κ2) is 5.70. The number of aromatic nitrogens is 1. The zero-order chi connectivity index (χ0) is 16.7. The molecular formula is C18H19N3O2S. The van der Waals surface area contributed by atoms with Crippen molar-refractivity contribution in [2.75, 3.05) is 18.4 Å².